The Morgan fingerprint density at radius 2 is 2.19 bits per heavy atom. The normalized spacial score (nSPS) is 19.5. The first-order chi connectivity index (χ1) is 15.0. The van der Waals surface area contributed by atoms with Crippen molar-refractivity contribution < 1.29 is 23.0 Å². The maximum Gasteiger partial charge on any atom is 0.586 e. The standard InChI is InChI=1S/C21H21F2N5O3/c22-21(23)30-17-5-1-4-16(18(17)31-21)25-10-14(29)9-13-3-2-8-28(11-13)20-15-6-7-24-19(15)26-12-27-20/h1,4-7,12-13,25H,2-3,8-11H2,(H,24,26,27). The molecule has 2 aliphatic heterocycles. The second kappa shape index (κ2) is 7.68. The lowest BCUT2D eigenvalue weighted by Gasteiger charge is -2.33. The van der Waals surface area contributed by atoms with Gasteiger partial charge in [-0.3, -0.25) is 4.79 Å². The Bertz CT molecular complexity index is 1120. The zero-order valence-electron chi connectivity index (χ0n) is 16.6. The average molecular weight is 429 g/mol. The van der Waals surface area contributed by atoms with E-state index in [1.165, 1.54) is 6.07 Å². The van der Waals surface area contributed by atoms with Crippen molar-refractivity contribution in [1.29, 1.82) is 0 Å². The van der Waals surface area contributed by atoms with Gasteiger partial charge in [-0.15, -0.1) is 8.78 Å². The minimum Gasteiger partial charge on any atom is -0.395 e. The molecule has 2 aromatic heterocycles. The molecule has 0 spiro atoms. The molecule has 4 heterocycles. The number of alkyl halides is 2. The largest absolute Gasteiger partial charge is 0.586 e. The molecule has 5 rings (SSSR count). The molecule has 0 radical (unpaired) electrons. The SMILES string of the molecule is O=C(CNc1cccc2c1OC(F)(F)O2)CC1CCCN(c2ncnc3[nH]ccc23)C1. The summed E-state index contributed by atoms with van der Waals surface area (Å²) in [5, 5.41) is 3.88. The third-order valence-electron chi connectivity index (χ3n) is 5.57. The van der Waals surface area contributed by atoms with Crippen molar-refractivity contribution in [3.63, 3.8) is 0 Å². The molecule has 8 nitrogen and oxygen atoms in total. The third kappa shape index (κ3) is 3.97. The molecule has 1 saturated heterocycles. The number of anilines is 2. The summed E-state index contributed by atoms with van der Waals surface area (Å²) in [7, 11) is 0. The zero-order chi connectivity index (χ0) is 21.4. The Labute approximate surface area is 176 Å². The van der Waals surface area contributed by atoms with Crippen molar-refractivity contribution in [2.24, 2.45) is 5.92 Å². The van der Waals surface area contributed by atoms with Gasteiger partial charge in [0.1, 0.15) is 17.8 Å². The molecule has 1 aromatic carbocycles. The van der Waals surface area contributed by atoms with Crippen LogP contribution < -0.4 is 19.7 Å². The number of rotatable bonds is 6. The molecule has 31 heavy (non-hydrogen) atoms. The molecule has 162 valence electrons. The van der Waals surface area contributed by atoms with Crippen LogP contribution in [0.4, 0.5) is 20.3 Å². The lowest BCUT2D eigenvalue weighted by atomic mass is 9.92. The highest BCUT2D eigenvalue weighted by Gasteiger charge is 2.44. The number of fused-ring (bicyclic) bond motifs is 2. The number of para-hydroxylation sites is 1. The molecule has 0 aliphatic carbocycles. The van der Waals surface area contributed by atoms with Gasteiger partial charge in [0.05, 0.1) is 17.6 Å². The smallest absolute Gasteiger partial charge is 0.395 e. The van der Waals surface area contributed by atoms with Gasteiger partial charge in [0.2, 0.25) is 0 Å². The van der Waals surface area contributed by atoms with Gasteiger partial charge in [0, 0.05) is 25.7 Å². The van der Waals surface area contributed by atoms with E-state index in [-0.39, 0.29) is 29.7 Å². The molecule has 10 heteroatoms. The maximum absolute atomic E-state index is 13.3. The molecule has 2 aliphatic rings. The first-order valence-electron chi connectivity index (χ1n) is 10.2. The first-order valence-corrected chi connectivity index (χ1v) is 10.2. The number of piperidine rings is 1. The van der Waals surface area contributed by atoms with Gasteiger partial charge in [-0.25, -0.2) is 9.97 Å². The van der Waals surface area contributed by atoms with Crippen LogP contribution in [0.15, 0.2) is 36.8 Å². The number of halogens is 2. The van der Waals surface area contributed by atoms with E-state index in [2.05, 4.69) is 34.6 Å². The molecule has 1 atom stereocenters. The number of benzene rings is 1. The summed E-state index contributed by atoms with van der Waals surface area (Å²) >= 11 is 0. The molecule has 3 aromatic rings. The predicted octanol–water partition coefficient (Wildman–Crippen LogP) is 3.57. The highest BCUT2D eigenvalue weighted by Crippen LogP contribution is 2.45. The van der Waals surface area contributed by atoms with Gasteiger partial charge in [-0.2, -0.15) is 0 Å². The fourth-order valence-electron chi connectivity index (χ4n) is 4.23. The minimum absolute atomic E-state index is 0.00427. The monoisotopic (exact) mass is 429 g/mol. The molecule has 0 saturated carbocycles. The Balaban J connectivity index is 1.20. The number of nitrogens with zero attached hydrogens (tertiary/aromatic N) is 3. The quantitative estimate of drug-likeness (QED) is 0.619. The second-order valence-electron chi connectivity index (χ2n) is 7.79. The van der Waals surface area contributed by atoms with Gasteiger partial charge >= 0.3 is 6.29 Å². The van der Waals surface area contributed by atoms with Gasteiger partial charge < -0.3 is 24.7 Å². The third-order valence-corrected chi connectivity index (χ3v) is 5.57. The van der Waals surface area contributed by atoms with Gasteiger partial charge in [-0.05, 0) is 37.0 Å². The van der Waals surface area contributed by atoms with Crippen molar-refractivity contribution in [3.8, 4) is 11.5 Å². The van der Waals surface area contributed by atoms with Crippen molar-refractivity contribution in [2.75, 3.05) is 29.9 Å². The van der Waals surface area contributed by atoms with E-state index in [1.807, 2.05) is 12.3 Å². The number of hydrogen-bond acceptors (Lipinski definition) is 7. The first kappa shape index (κ1) is 19.5. The molecule has 1 unspecified atom stereocenters. The van der Waals surface area contributed by atoms with Crippen molar-refractivity contribution in [2.45, 2.75) is 25.6 Å². The summed E-state index contributed by atoms with van der Waals surface area (Å²) in [6, 6.07) is 6.50. The second-order valence-corrected chi connectivity index (χ2v) is 7.79. The van der Waals surface area contributed by atoms with Crippen LogP contribution in [0, 0.1) is 5.92 Å². The minimum atomic E-state index is -3.69. The number of carbonyl (C=O) groups is 1. The van der Waals surface area contributed by atoms with Crippen LogP contribution in [-0.4, -0.2) is 46.7 Å². The molecule has 0 amide bonds. The molecule has 2 N–H and O–H groups in total. The Morgan fingerprint density at radius 3 is 3.10 bits per heavy atom. The number of ether oxygens (including phenoxy) is 2. The molecule has 1 fully saturated rings. The highest BCUT2D eigenvalue weighted by atomic mass is 19.3. The van der Waals surface area contributed by atoms with Crippen molar-refractivity contribution >= 4 is 28.3 Å². The van der Waals surface area contributed by atoms with Crippen LogP contribution in [0.25, 0.3) is 11.0 Å². The van der Waals surface area contributed by atoms with E-state index >= 15 is 0 Å². The predicted molar refractivity (Wildman–Crippen MR) is 110 cm³/mol. The number of H-pyrrole nitrogens is 1. The number of ketones is 1. The topological polar surface area (TPSA) is 92.4 Å². The highest BCUT2D eigenvalue weighted by molar-refractivity contribution is 5.87. The van der Waals surface area contributed by atoms with Crippen LogP contribution in [0.5, 0.6) is 11.5 Å². The van der Waals surface area contributed by atoms with E-state index in [9.17, 15) is 13.6 Å². The van der Waals surface area contributed by atoms with Crippen LogP contribution in [0.2, 0.25) is 0 Å². The summed E-state index contributed by atoms with van der Waals surface area (Å²) in [6.45, 7) is 1.63. The van der Waals surface area contributed by atoms with E-state index in [0.29, 0.717) is 12.1 Å². The number of hydrogen-bond donors (Lipinski definition) is 2. The van der Waals surface area contributed by atoms with E-state index in [1.54, 1.807) is 18.5 Å². The number of aromatic nitrogens is 3. The lowest BCUT2D eigenvalue weighted by Crippen LogP contribution is -2.37. The summed E-state index contributed by atoms with van der Waals surface area (Å²) < 4.78 is 35.6. The van der Waals surface area contributed by atoms with Crippen LogP contribution in [0.1, 0.15) is 19.3 Å². The summed E-state index contributed by atoms with van der Waals surface area (Å²) in [5.41, 5.74) is 1.10. The zero-order valence-corrected chi connectivity index (χ0v) is 16.6. The van der Waals surface area contributed by atoms with Crippen molar-refractivity contribution in [3.05, 3.63) is 36.8 Å². The van der Waals surface area contributed by atoms with Crippen molar-refractivity contribution in [1.82, 2.24) is 15.0 Å². The average Bonchev–Trinajstić information content (AvgIpc) is 3.35. The van der Waals surface area contributed by atoms with Crippen LogP contribution in [0.3, 0.4) is 0 Å². The number of Topliss-reactive ketones (excluding diaryl/α,β-unsaturated/α-hetero) is 1. The van der Waals surface area contributed by atoms with Crippen LogP contribution in [-0.2, 0) is 4.79 Å². The summed E-state index contributed by atoms with van der Waals surface area (Å²) in [5.74, 6) is 0.941. The van der Waals surface area contributed by atoms with E-state index < -0.39 is 6.29 Å². The lowest BCUT2D eigenvalue weighted by molar-refractivity contribution is -0.286. The molecular formula is C21H21F2N5O3. The van der Waals surface area contributed by atoms with E-state index in [0.717, 1.165) is 42.8 Å². The van der Waals surface area contributed by atoms with E-state index in [4.69, 9.17) is 0 Å². The number of nitrogens with one attached hydrogen (secondary N) is 2. The summed E-state index contributed by atoms with van der Waals surface area (Å²) in [4.78, 5) is 26.6. The Morgan fingerprint density at radius 1 is 1.29 bits per heavy atom. The van der Waals surface area contributed by atoms with Gasteiger partial charge in [0.15, 0.2) is 17.3 Å². The van der Waals surface area contributed by atoms with Crippen LogP contribution >= 0.6 is 0 Å². The molecular weight excluding hydrogens is 408 g/mol. The fraction of sp³-hybridized carbons (Fsp3) is 0.381. The number of carbonyl (C=O) groups excluding carboxylic acids is 1. The molecule has 0 bridgehead atoms. The number of aromatic amines is 1. The summed E-state index contributed by atoms with van der Waals surface area (Å²) in [6.07, 6.45) is 2.00. The van der Waals surface area contributed by atoms with Gasteiger partial charge in [-0.1, -0.05) is 6.07 Å². The fourth-order valence-corrected chi connectivity index (χ4v) is 4.23. The Hall–Kier alpha value is -3.43. The Kier molecular flexibility index (Phi) is 4.84. The maximum atomic E-state index is 13.3. The van der Waals surface area contributed by atoms with Gasteiger partial charge in [0.25, 0.3) is 0 Å².